The fourth-order valence-electron chi connectivity index (χ4n) is 3.17. The van der Waals surface area contributed by atoms with Crippen molar-refractivity contribution < 1.29 is 13.2 Å². The third-order valence-electron chi connectivity index (χ3n) is 5.20. The monoisotopic (exact) mass is 442 g/mol. The van der Waals surface area contributed by atoms with Gasteiger partial charge in [-0.15, -0.1) is 4.83 Å². The normalized spacial score (nSPS) is 12.8. The zero-order valence-corrected chi connectivity index (χ0v) is 18.7. The number of rotatable bonds is 7. The van der Waals surface area contributed by atoms with Crippen molar-refractivity contribution >= 4 is 26.7 Å². The molecular formula is C22H26N4O4S. The second kappa shape index (κ2) is 8.99. The van der Waals surface area contributed by atoms with Crippen LogP contribution in [0.15, 0.2) is 58.2 Å². The SMILES string of the molecule is CCC(C)c1ccc(S(=O)(=O)NNC(=O)c2nn(C(C)C)c(=O)c3ccccc23)cc1. The van der Waals surface area contributed by atoms with Gasteiger partial charge in [0.15, 0.2) is 5.69 Å². The summed E-state index contributed by atoms with van der Waals surface area (Å²) in [5.41, 5.74) is 2.89. The predicted molar refractivity (Wildman–Crippen MR) is 119 cm³/mol. The van der Waals surface area contributed by atoms with E-state index >= 15 is 0 Å². The molecule has 8 nitrogen and oxygen atoms in total. The smallest absolute Gasteiger partial charge is 0.272 e. The molecule has 0 aliphatic rings. The van der Waals surface area contributed by atoms with Gasteiger partial charge in [-0.2, -0.15) is 5.10 Å². The summed E-state index contributed by atoms with van der Waals surface area (Å²) in [6, 6.07) is 12.8. The van der Waals surface area contributed by atoms with Gasteiger partial charge in [0.2, 0.25) is 0 Å². The lowest BCUT2D eigenvalue weighted by Gasteiger charge is -2.14. The van der Waals surface area contributed by atoms with Gasteiger partial charge in [0, 0.05) is 5.39 Å². The Bertz CT molecular complexity index is 1260. The zero-order chi connectivity index (χ0) is 22.8. The Morgan fingerprint density at radius 1 is 1.03 bits per heavy atom. The third kappa shape index (κ3) is 4.67. The number of benzene rings is 2. The molecule has 1 unspecified atom stereocenters. The molecule has 0 fully saturated rings. The second-order valence-corrected chi connectivity index (χ2v) is 9.36. The van der Waals surface area contributed by atoms with E-state index in [1.807, 2.05) is 0 Å². The van der Waals surface area contributed by atoms with Crippen molar-refractivity contribution in [1.29, 1.82) is 0 Å². The molecule has 0 radical (unpaired) electrons. The number of hydrogen-bond donors (Lipinski definition) is 2. The summed E-state index contributed by atoms with van der Waals surface area (Å²) in [6.07, 6.45) is 0.944. The fraction of sp³-hybridized carbons (Fsp3) is 0.318. The maximum atomic E-state index is 12.8. The van der Waals surface area contributed by atoms with Gasteiger partial charge in [-0.05, 0) is 49.9 Å². The Kier molecular flexibility index (Phi) is 6.56. The first kappa shape index (κ1) is 22.6. The standard InChI is InChI=1S/C22H26N4O4S/c1-5-15(4)16-10-12-17(13-11-16)31(29,30)25-23-21(27)20-18-8-6-7-9-19(18)22(28)26(24-20)14(2)3/h6-15,25H,5H2,1-4H3,(H,23,27). The summed E-state index contributed by atoms with van der Waals surface area (Å²) in [5.74, 6) is -0.439. The number of amides is 1. The van der Waals surface area contributed by atoms with E-state index in [-0.39, 0.29) is 22.2 Å². The van der Waals surface area contributed by atoms with Crippen molar-refractivity contribution in [1.82, 2.24) is 20.0 Å². The molecule has 164 valence electrons. The number of fused-ring (bicyclic) bond motifs is 1. The van der Waals surface area contributed by atoms with Gasteiger partial charge in [0.1, 0.15) is 0 Å². The zero-order valence-electron chi connectivity index (χ0n) is 17.9. The summed E-state index contributed by atoms with van der Waals surface area (Å²) in [4.78, 5) is 27.5. The molecule has 1 heterocycles. The first-order chi connectivity index (χ1) is 14.7. The van der Waals surface area contributed by atoms with Crippen LogP contribution >= 0.6 is 0 Å². The van der Waals surface area contributed by atoms with Crippen LogP contribution in [0.4, 0.5) is 0 Å². The first-order valence-corrected chi connectivity index (χ1v) is 11.6. The molecular weight excluding hydrogens is 416 g/mol. The van der Waals surface area contributed by atoms with E-state index in [4.69, 9.17) is 0 Å². The van der Waals surface area contributed by atoms with Crippen molar-refractivity contribution in [2.45, 2.75) is 51.0 Å². The lowest BCUT2D eigenvalue weighted by atomic mass is 9.99. The van der Waals surface area contributed by atoms with Gasteiger partial charge in [0.05, 0.1) is 16.3 Å². The average Bonchev–Trinajstić information content (AvgIpc) is 2.77. The number of hydrazine groups is 1. The van der Waals surface area contributed by atoms with Crippen LogP contribution < -0.4 is 15.8 Å². The number of nitrogens with one attached hydrogen (secondary N) is 2. The van der Waals surface area contributed by atoms with Crippen LogP contribution in [0.2, 0.25) is 0 Å². The van der Waals surface area contributed by atoms with E-state index in [9.17, 15) is 18.0 Å². The van der Waals surface area contributed by atoms with Crippen molar-refractivity contribution in [2.75, 3.05) is 0 Å². The highest BCUT2D eigenvalue weighted by molar-refractivity contribution is 7.89. The highest BCUT2D eigenvalue weighted by Crippen LogP contribution is 2.20. The lowest BCUT2D eigenvalue weighted by Crippen LogP contribution is -2.42. The number of carbonyl (C=O) groups excluding carboxylic acids is 1. The number of nitrogens with zero attached hydrogens (tertiary/aromatic N) is 2. The molecule has 0 aliphatic heterocycles. The Morgan fingerprint density at radius 2 is 1.65 bits per heavy atom. The van der Waals surface area contributed by atoms with Crippen LogP contribution in [0.25, 0.3) is 10.8 Å². The average molecular weight is 443 g/mol. The Labute approximate surface area is 181 Å². The Hall–Kier alpha value is -3.04. The molecule has 0 saturated heterocycles. The van der Waals surface area contributed by atoms with Gasteiger partial charge in [-0.3, -0.25) is 15.0 Å². The maximum Gasteiger partial charge on any atom is 0.287 e. The van der Waals surface area contributed by atoms with Crippen LogP contribution in [0.3, 0.4) is 0 Å². The fourth-order valence-corrected chi connectivity index (χ4v) is 4.01. The van der Waals surface area contributed by atoms with Gasteiger partial charge < -0.3 is 0 Å². The summed E-state index contributed by atoms with van der Waals surface area (Å²) >= 11 is 0. The van der Waals surface area contributed by atoms with E-state index < -0.39 is 15.9 Å². The molecule has 2 N–H and O–H groups in total. The molecule has 0 spiro atoms. The molecule has 0 saturated carbocycles. The van der Waals surface area contributed by atoms with Crippen molar-refractivity contribution in [2.24, 2.45) is 0 Å². The van der Waals surface area contributed by atoms with E-state index in [0.717, 1.165) is 12.0 Å². The van der Waals surface area contributed by atoms with Gasteiger partial charge in [0.25, 0.3) is 21.5 Å². The van der Waals surface area contributed by atoms with Crippen LogP contribution in [0.1, 0.15) is 62.1 Å². The summed E-state index contributed by atoms with van der Waals surface area (Å²) in [5, 5.41) is 4.85. The van der Waals surface area contributed by atoms with Crippen molar-refractivity contribution in [3.63, 3.8) is 0 Å². The minimum atomic E-state index is -3.98. The molecule has 1 amide bonds. The molecule has 2 aromatic carbocycles. The molecule has 3 aromatic rings. The van der Waals surface area contributed by atoms with Crippen molar-refractivity contribution in [3.8, 4) is 0 Å². The van der Waals surface area contributed by atoms with E-state index in [2.05, 4.69) is 29.2 Å². The largest absolute Gasteiger partial charge is 0.287 e. The number of sulfonamides is 1. The number of hydrogen-bond acceptors (Lipinski definition) is 5. The number of aromatic nitrogens is 2. The van der Waals surface area contributed by atoms with Crippen LogP contribution in [0, 0.1) is 0 Å². The van der Waals surface area contributed by atoms with E-state index in [1.165, 1.54) is 16.8 Å². The van der Waals surface area contributed by atoms with E-state index in [0.29, 0.717) is 16.7 Å². The molecule has 9 heteroatoms. The molecule has 31 heavy (non-hydrogen) atoms. The Morgan fingerprint density at radius 3 is 2.23 bits per heavy atom. The molecule has 0 bridgehead atoms. The summed E-state index contributed by atoms with van der Waals surface area (Å²) in [6.45, 7) is 7.68. The first-order valence-electron chi connectivity index (χ1n) is 10.1. The van der Waals surface area contributed by atoms with Crippen LogP contribution in [-0.4, -0.2) is 24.1 Å². The minimum absolute atomic E-state index is 0.0322. The van der Waals surface area contributed by atoms with Gasteiger partial charge in [-0.1, -0.05) is 44.2 Å². The second-order valence-electron chi connectivity index (χ2n) is 7.68. The molecule has 1 aromatic heterocycles. The topological polar surface area (TPSA) is 110 Å². The van der Waals surface area contributed by atoms with Crippen LogP contribution in [-0.2, 0) is 10.0 Å². The lowest BCUT2D eigenvalue weighted by molar-refractivity contribution is 0.0939. The highest BCUT2D eigenvalue weighted by atomic mass is 32.2. The predicted octanol–water partition coefficient (Wildman–Crippen LogP) is 3.11. The summed E-state index contributed by atoms with van der Waals surface area (Å²) < 4.78 is 26.4. The third-order valence-corrected chi connectivity index (χ3v) is 6.47. The molecule has 0 aliphatic carbocycles. The molecule has 3 rings (SSSR count). The van der Waals surface area contributed by atoms with Gasteiger partial charge in [-0.25, -0.2) is 13.1 Å². The summed E-state index contributed by atoms with van der Waals surface area (Å²) in [7, 11) is -3.98. The van der Waals surface area contributed by atoms with E-state index in [1.54, 1.807) is 50.2 Å². The minimum Gasteiger partial charge on any atom is -0.272 e. The van der Waals surface area contributed by atoms with Gasteiger partial charge >= 0.3 is 0 Å². The number of carbonyl (C=O) groups is 1. The van der Waals surface area contributed by atoms with Crippen LogP contribution in [0.5, 0.6) is 0 Å². The maximum absolute atomic E-state index is 12.8. The Balaban J connectivity index is 1.87. The quantitative estimate of drug-likeness (QED) is 0.546. The molecule has 1 atom stereocenters. The highest BCUT2D eigenvalue weighted by Gasteiger charge is 2.21. The van der Waals surface area contributed by atoms with Crippen molar-refractivity contribution in [3.05, 3.63) is 70.1 Å².